The second kappa shape index (κ2) is 6.67. The van der Waals surface area contributed by atoms with Crippen LogP contribution in [0.2, 0.25) is 0 Å². The van der Waals surface area contributed by atoms with E-state index in [1.165, 1.54) is 24.4 Å². The molecule has 0 saturated carbocycles. The third-order valence-electron chi connectivity index (χ3n) is 4.79. The Balaban J connectivity index is 1.95. The molecule has 1 aliphatic heterocycles. The molecule has 0 aliphatic carbocycles. The van der Waals surface area contributed by atoms with Gasteiger partial charge in [0, 0.05) is 24.2 Å². The number of hydrogen-bond acceptors (Lipinski definition) is 3. The van der Waals surface area contributed by atoms with Gasteiger partial charge in [0.05, 0.1) is 23.0 Å². The number of nitrogens with one attached hydrogen (secondary N) is 1. The summed E-state index contributed by atoms with van der Waals surface area (Å²) in [7, 11) is 0. The number of fused-ring (bicyclic) bond motifs is 1. The summed E-state index contributed by atoms with van der Waals surface area (Å²) in [4.78, 5) is 24.0. The van der Waals surface area contributed by atoms with Crippen molar-refractivity contribution in [2.24, 2.45) is 0 Å². The van der Waals surface area contributed by atoms with Gasteiger partial charge < -0.3 is 15.0 Å². The van der Waals surface area contributed by atoms with Crippen molar-refractivity contribution in [2.75, 3.05) is 5.32 Å². The molecule has 2 heterocycles. The van der Waals surface area contributed by atoms with Gasteiger partial charge in [-0.05, 0) is 35.9 Å². The van der Waals surface area contributed by atoms with Crippen LogP contribution in [-0.2, 0) is 4.79 Å². The van der Waals surface area contributed by atoms with Gasteiger partial charge in [0.15, 0.2) is 0 Å². The number of rotatable bonds is 3. The lowest BCUT2D eigenvalue weighted by Crippen LogP contribution is -2.25. The van der Waals surface area contributed by atoms with Gasteiger partial charge >= 0.3 is 5.97 Å². The first-order valence-electron chi connectivity index (χ1n) is 8.52. The molecule has 6 nitrogen and oxygen atoms in total. The second-order valence-corrected chi connectivity index (χ2v) is 6.50. The monoisotopic (exact) mass is 375 g/mol. The van der Waals surface area contributed by atoms with Crippen LogP contribution in [0.1, 0.15) is 39.5 Å². The maximum atomic E-state index is 13.8. The summed E-state index contributed by atoms with van der Waals surface area (Å²) >= 11 is 0. The zero-order chi connectivity index (χ0) is 19.8. The molecule has 1 atom stereocenters. The number of aromatic carboxylic acids is 1. The molecule has 2 N–H and O–H groups in total. The zero-order valence-corrected chi connectivity index (χ0v) is 14.5. The molecule has 2 aromatic carbocycles. The minimum atomic E-state index is -1.19. The largest absolute Gasteiger partial charge is 0.478 e. The summed E-state index contributed by atoms with van der Waals surface area (Å²) < 4.78 is 15.4. The van der Waals surface area contributed by atoms with E-state index >= 15 is 0 Å². The maximum absolute atomic E-state index is 13.8. The van der Waals surface area contributed by atoms with Crippen LogP contribution < -0.4 is 5.32 Å². The Morgan fingerprint density at radius 1 is 1.25 bits per heavy atom. The van der Waals surface area contributed by atoms with Crippen molar-refractivity contribution in [2.45, 2.75) is 12.3 Å². The third-order valence-corrected chi connectivity index (χ3v) is 4.79. The number of halogens is 1. The summed E-state index contributed by atoms with van der Waals surface area (Å²) in [5.41, 5.74) is 2.41. The van der Waals surface area contributed by atoms with Crippen LogP contribution >= 0.6 is 0 Å². The summed E-state index contributed by atoms with van der Waals surface area (Å²) in [6, 6.07) is 14.6. The number of carboxylic acid groups (broad SMARTS) is 1. The van der Waals surface area contributed by atoms with Gasteiger partial charge in [-0.3, -0.25) is 4.79 Å². The summed E-state index contributed by atoms with van der Waals surface area (Å²) in [5.74, 6) is -2.38. The predicted molar refractivity (Wildman–Crippen MR) is 98.9 cm³/mol. The molecule has 138 valence electrons. The molecule has 3 aromatic rings. The Bertz CT molecular complexity index is 1140. The number of carbonyl (C=O) groups is 2. The van der Waals surface area contributed by atoms with Crippen LogP contribution in [0.25, 0.3) is 5.69 Å². The number of carboxylic acids is 1. The van der Waals surface area contributed by atoms with Crippen LogP contribution in [0.3, 0.4) is 0 Å². The lowest BCUT2D eigenvalue weighted by molar-refractivity contribution is -0.116. The van der Waals surface area contributed by atoms with E-state index in [4.69, 9.17) is 5.26 Å². The van der Waals surface area contributed by atoms with Crippen molar-refractivity contribution >= 4 is 17.6 Å². The smallest absolute Gasteiger partial charge is 0.339 e. The molecule has 0 saturated heterocycles. The van der Waals surface area contributed by atoms with Crippen molar-refractivity contribution < 1.29 is 19.1 Å². The lowest BCUT2D eigenvalue weighted by Gasteiger charge is -2.26. The van der Waals surface area contributed by atoms with E-state index in [2.05, 4.69) is 5.32 Å². The molecular formula is C21H14FN3O3. The number of anilines is 1. The van der Waals surface area contributed by atoms with E-state index in [0.29, 0.717) is 16.9 Å². The van der Waals surface area contributed by atoms with Gasteiger partial charge in [0.2, 0.25) is 5.91 Å². The number of aromatic nitrogens is 1. The summed E-state index contributed by atoms with van der Waals surface area (Å²) in [6.07, 6.45) is 1.50. The van der Waals surface area contributed by atoms with Crippen LogP contribution in [0, 0.1) is 17.1 Å². The number of benzene rings is 2. The van der Waals surface area contributed by atoms with Crippen LogP contribution in [-0.4, -0.2) is 21.6 Å². The summed E-state index contributed by atoms with van der Waals surface area (Å²) in [6.45, 7) is 0. The van der Waals surface area contributed by atoms with E-state index in [-0.39, 0.29) is 23.6 Å². The Labute approximate surface area is 159 Å². The first-order valence-corrected chi connectivity index (χ1v) is 8.52. The molecule has 1 unspecified atom stereocenters. The quantitative estimate of drug-likeness (QED) is 0.730. The van der Waals surface area contributed by atoms with Crippen LogP contribution in [0.5, 0.6) is 0 Å². The van der Waals surface area contributed by atoms with E-state index < -0.39 is 17.7 Å². The van der Waals surface area contributed by atoms with E-state index in [1.54, 1.807) is 34.9 Å². The van der Waals surface area contributed by atoms with Gasteiger partial charge in [0.1, 0.15) is 11.4 Å². The summed E-state index contributed by atoms with van der Waals surface area (Å²) in [5, 5.41) is 21.2. The van der Waals surface area contributed by atoms with Crippen molar-refractivity contribution in [3.63, 3.8) is 0 Å². The fourth-order valence-electron chi connectivity index (χ4n) is 3.54. The molecule has 1 aliphatic rings. The van der Waals surface area contributed by atoms with E-state index in [0.717, 1.165) is 5.56 Å². The highest BCUT2D eigenvalue weighted by atomic mass is 19.1. The Morgan fingerprint density at radius 2 is 2.00 bits per heavy atom. The lowest BCUT2D eigenvalue weighted by atomic mass is 9.88. The van der Waals surface area contributed by atoms with E-state index in [1.807, 2.05) is 6.07 Å². The Hall–Kier alpha value is -3.92. The molecular weight excluding hydrogens is 361 g/mol. The SMILES string of the molecule is N#Cc1ccc(C2CC(=O)Nc3c(C(=O)O)cn(-c4cccc(F)c4)c32)cc1. The van der Waals surface area contributed by atoms with Crippen LogP contribution in [0.15, 0.2) is 54.7 Å². The first-order chi connectivity index (χ1) is 13.5. The normalized spacial score (nSPS) is 15.4. The molecule has 7 heteroatoms. The maximum Gasteiger partial charge on any atom is 0.339 e. The standard InChI is InChI=1S/C21H14FN3O3/c22-14-2-1-3-15(8-14)25-11-17(21(27)28)19-20(25)16(9-18(26)24-19)13-6-4-12(10-23)5-7-13/h1-8,11,16H,9H2,(H,24,26)(H,27,28). The minimum absolute atomic E-state index is 0.0639. The topological polar surface area (TPSA) is 95.1 Å². The third kappa shape index (κ3) is 2.91. The van der Waals surface area contributed by atoms with Crippen molar-refractivity contribution in [1.82, 2.24) is 4.57 Å². The molecule has 28 heavy (non-hydrogen) atoms. The molecule has 0 fully saturated rings. The second-order valence-electron chi connectivity index (χ2n) is 6.50. The molecule has 4 rings (SSSR count). The van der Waals surface area contributed by atoms with E-state index in [9.17, 15) is 19.1 Å². The zero-order valence-electron chi connectivity index (χ0n) is 14.5. The van der Waals surface area contributed by atoms with Crippen molar-refractivity contribution in [3.8, 4) is 11.8 Å². The molecule has 0 spiro atoms. The number of nitrogens with zero attached hydrogens (tertiary/aromatic N) is 2. The number of hydrogen-bond donors (Lipinski definition) is 2. The number of carbonyl (C=O) groups excluding carboxylic acids is 1. The molecule has 1 aromatic heterocycles. The Morgan fingerprint density at radius 3 is 2.64 bits per heavy atom. The van der Waals surface area contributed by atoms with Gasteiger partial charge in [-0.2, -0.15) is 5.26 Å². The predicted octanol–water partition coefficient (Wildman–Crippen LogP) is 3.66. The highest BCUT2D eigenvalue weighted by Gasteiger charge is 2.34. The first kappa shape index (κ1) is 17.5. The van der Waals surface area contributed by atoms with Crippen LogP contribution in [0.4, 0.5) is 10.1 Å². The highest BCUT2D eigenvalue weighted by Crippen LogP contribution is 2.41. The average molecular weight is 375 g/mol. The fourth-order valence-corrected chi connectivity index (χ4v) is 3.54. The van der Waals surface area contributed by atoms with Crippen molar-refractivity contribution in [3.05, 3.63) is 82.9 Å². The molecule has 0 radical (unpaired) electrons. The number of nitriles is 1. The average Bonchev–Trinajstić information content (AvgIpc) is 3.07. The van der Waals surface area contributed by atoms with Gasteiger partial charge in [-0.15, -0.1) is 0 Å². The molecule has 1 amide bonds. The number of amides is 1. The Kier molecular flexibility index (Phi) is 4.17. The van der Waals surface area contributed by atoms with Gasteiger partial charge in [-0.25, -0.2) is 9.18 Å². The van der Waals surface area contributed by atoms with Gasteiger partial charge in [0.25, 0.3) is 0 Å². The van der Waals surface area contributed by atoms with Crippen molar-refractivity contribution in [1.29, 1.82) is 5.26 Å². The minimum Gasteiger partial charge on any atom is -0.478 e. The van der Waals surface area contributed by atoms with Gasteiger partial charge in [-0.1, -0.05) is 18.2 Å². The highest BCUT2D eigenvalue weighted by molar-refractivity contribution is 6.04. The fraction of sp³-hybridized carbons (Fsp3) is 0.0952. The molecule has 0 bridgehead atoms.